The highest BCUT2D eigenvalue weighted by molar-refractivity contribution is 5.73. The topological polar surface area (TPSA) is 58.6 Å². The van der Waals surface area contributed by atoms with Crippen molar-refractivity contribution in [2.24, 2.45) is 0 Å². The molecular weight excluding hydrogens is 182 g/mol. The first-order valence-corrected chi connectivity index (χ1v) is 5.23. The third-order valence-electron chi connectivity index (χ3n) is 2.51. The molecule has 1 fully saturated rings. The van der Waals surface area contributed by atoms with Crippen molar-refractivity contribution in [1.29, 1.82) is 0 Å². The van der Waals surface area contributed by atoms with Gasteiger partial charge in [-0.3, -0.25) is 4.79 Å². The Morgan fingerprint density at radius 2 is 2.21 bits per heavy atom. The van der Waals surface area contributed by atoms with E-state index in [1.807, 2.05) is 0 Å². The molecule has 0 unspecified atom stereocenters. The Morgan fingerprint density at radius 1 is 1.50 bits per heavy atom. The van der Waals surface area contributed by atoms with E-state index in [0.717, 1.165) is 25.7 Å². The fourth-order valence-electron chi connectivity index (χ4n) is 1.93. The standard InChI is InChI=1S/C10H19NO3/c1-8(13)11-9-4-2-3-5-10(9)14-7-6-12/h9-10,12H,2-7H2,1H3,(H,11,13)/t9-,10-/m1/s1. The summed E-state index contributed by atoms with van der Waals surface area (Å²) in [5.41, 5.74) is 0. The van der Waals surface area contributed by atoms with Crippen LogP contribution in [-0.2, 0) is 9.53 Å². The van der Waals surface area contributed by atoms with E-state index in [1.54, 1.807) is 0 Å². The molecule has 0 aromatic heterocycles. The van der Waals surface area contributed by atoms with Gasteiger partial charge in [0.25, 0.3) is 0 Å². The predicted octanol–water partition coefficient (Wildman–Crippen LogP) is 0.443. The Hall–Kier alpha value is -0.610. The molecule has 0 saturated heterocycles. The number of aliphatic hydroxyl groups is 1. The summed E-state index contributed by atoms with van der Waals surface area (Å²) in [5.74, 6) is -0.00509. The van der Waals surface area contributed by atoms with Gasteiger partial charge in [-0.1, -0.05) is 12.8 Å². The zero-order chi connectivity index (χ0) is 10.4. The van der Waals surface area contributed by atoms with E-state index in [-0.39, 0.29) is 24.7 Å². The van der Waals surface area contributed by atoms with E-state index in [4.69, 9.17) is 9.84 Å². The van der Waals surface area contributed by atoms with Crippen molar-refractivity contribution in [2.45, 2.75) is 44.8 Å². The van der Waals surface area contributed by atoms with Gasteiger partial charge in [0.2, 0.25) is 5.91 Å². The van der Waals surface area contributed by atoms with Crippen LogP contribution in [0.1, 0.15) is 32.6 Å². The van der Waals surface area contributed by atoms with Crippen LogP contribution >= 0.6 is 0 Å². The van der Waals surface area contributed by atoms with Crippen LogP contribution in [0.15, 0.2) is 0 Å². The summed E-state index contributed by atoms with van der Waals surface area (Å²) in [6.07, 6.45) is 4.33. The molecule has 1 saturated carbocycles. The van der Waals surface area contributed by atoms with Crippen molar-refractivity contribution in [3.8, 4) is 0 Å². The molecule has 0 aliphatic heterocycles. The maximum absolute atomic E-state index is 10.9. The maximum Gasteiger partial charge on any atom is 0.217 e. The number of nitrogens with one attached hydrogen (secondary N) is 1. The van der Waals surface area contributed by atoms with Gasteiger partial charge < -0.3 is 15.2 Å². The minimum atomic E-state index is -0.00509. The lowest BCUT2D eigenvalue weighted by atomic mass is 9.92. The van der Waals surface area contributed by atoms with Gasteiger partial charge in [0.05, 0.1) is 25.4 Å². The first kappa shape index (κ1) is 11.5. The lowest BCUT2D eigenvalue weighted by molar-refractivity contribution is -0.121. The van der Waals surface area contributed by atoms with Crippen LogP contribution in [0.5, 0.6) is 0 Å². The van der Waals surface area contributed by atoms with E-state index in [9.17, 15) is 4.79 Å². The van der Waals surface area contributed by atoms with Gasteiger partial charge in [-0.2, -0.15) is 0 Å². The first-order chi connectivity index (χ1) is 6.74. The number of carbonyl (C=O) groups is 1. The molecule has 0 aromatic rings. The summed E-state index contributed by atoms with van der Waals surface area (Å²) in [7, 11) is 0. The van der Waals surface area contributed by atoms with Crippen LogP contribution in [0.4, 0.5) is 0 Å². The van der Waals surface area contributed by atoms with Crippen LogP contribution < -0.4 is 5.32 Å². The first-order valence-electron chi connectivity index (χ1n) is 5.23. The fourth-order valence-corrected chi connectivity index (χ4v) is 1.93. The summed E-state index contributed by atoms with van der Waals surface area (Å²) in [4.78, 5) is 10.9. The molecule has 1 rings (SSSR count). The lowest BCUT2D eigenvalue weighted by Gasteiger charge is -2.31. The molecule has 2 N–H and O–H groups in total. The molecule has 0 heterocycles. The third-order valence-corrected chi connectivity index (χ3v) is 2.51. The Kier molecular flexibility index (Phi) is 4.90. The number of amides is 1. The van der Waals surface area contributed by atoms with Crippen molar-refractivity contribution in [1.82, 2.24) is 5.32 Å². The summed E-state index contributed by atoms with van der Waals surface area (Å²) in [6.45, 7) is 1.93. The number of rotatable bonds is 4. The van der Waals surface area contributed by atoms with Crippen LogP contribution in [-0.4, -0.2) is 36.4 Å². The molecule has 0 radical (unpaired) electrons. The number of hydrogen-bond donors (Lipinski definition) is 2. The molecule has 1 aliphatic rings. The Morgan fingerprint density at radius 3 is 2.86 bits per heavy atom. The van der Waals surface area contributed by atoms with Crippen LogP contribution in [0.25, 0.3) is 0 Å². The van der Waals surface area contributed by atoms with Crippen LogP contribution in [0, 0.1) is 0 Å². The zero-order valence-corrected chi connectivity index (χ0v) is 8.66. The largest absolute Gasteiger partial charge is 0.394 e. The average Bonchev–Trinajstić information content (AvgIpc) is 2.16. The molecular formula is C10H19NO3. The molecule has 1 amide bonds. The van der Waals surface area contributed by atoms with Gasteiger partial charge in [0.15, 0.2) is 0 Å². The third kappa shape index (κ3) is 3.64. The number of hydrogen-bond acceptors (Lipinski definition) is 3. The van der Waals surface area contributed by atoms with Crippen molar-refractivity contribution in [3.63, 3.8) is 0 Å². The molecule has 0 aromatic carbocycles. The van der Waals surface area contributed by atoms with Crippen molar-refractivity contribution < 1.29 is 14.6 Å². The van der Waals surface area contributed by atoms with Gasteiger partial charge in [0.1, 0.15) is 0 Å². The van der Waals surface area contributed by atoms with E-state index in [1.165, 1.54) is 6.92 Å². The van der Waals surface area contributed by atoms with Crippen LogP contribution in [0.2, 0.25) is 0 Å². The number of ether oxygens (including phenoxy) is 1. The Bertz CT molecular complexity index is 184. The van der Waals surface area contributed by atoms with Crippen LogP contribution in [0.3, 0.4) is 0 Å². The molecule has 2 atom stereocenters. The fraction of sp³-hybridized carbons (Fsp3) is 0.900. The van der Waals surface area contributed by atoms with E-state index >= 15 is 0 Å². The highest BCUT2D eigenvalue weighted by Crippen LogP contribution is 2.21. The Labute approximate surface area is 84.6 Å². The second-order valence-electron chi connectivity index (χ2n) is 3.72. The molecule has 1 aliphatic carbocycles. The second kappa shape index (κ2) is 5.98. The quantitative estimate of drug-likeness (QED) is 0.694. The molecule has 0 spiro atoms. The smallest absolute Gasteiger partial charge is 0.217 e. The van der Waals surface area contributed by atoms with Gasteiger partial charge in [0, 0.05) is 6.92 Å². The highest BCUT2D eigenvalue weighted by Gasteiger charge is 2.25. The summed E-state index contributed by atoms with van der Waals surface area (Å²) < 4.78 is 5.48. The van der Waals surface area contributed by atoms with Crippen molar-refractivity contribution in [3.05, 3.63) is 0 Å². The number of aliphatic hydroxyl groups excluding tert-OH is 1. The van der Waals surface area contributed by atoms with E-state index in [2.05, 4.69) is 5.32 Å². The zero-order valence-electron chi connectivity index (χ0n) is 8.66. The normalized spacial score (nSPS) is 27.3. The van der Waals surface area contributed by atoms with Gasteiger partial charge in [-0.05, 0) is 12.8 Å². The lowest BCUT2D eigenvalue weighted by Crippen LogP contribution is -2.45. The summed E-state index contributed by atoms with van der Waals surface area (Å²) >= 11 is 0. The highest BCUT2D eigenvalue weighted by atomic mass is 16.5. The van der Waals surface area contributed by atoms with Gasteiger partial charge >= 0.3 is 0 Å². The van der Waals surface area contributed by atoms with Gasteiger partial charge in [-0.25, -0.2) is 0 Å². The number of carbonyl (C=O) groups excluding carboxylic acids is 1. The SMILES string of the molecule is CC(=O)N[C@@H]1CCCC[C@H]1OCCO. The minimum Gasteiger partial charge on any atom is -0.394 e. The molecule has 0 bridgehead atoms. The molecule has 4 nitrogen and oxygen atoms in total. The van der Waals surface area contributed by atoms with Crippen molar-refractivity contribution >= 4 is 5.91 Å². The second-order valence-corrected chi connectivity index (χ2v) is 3.72. The molecule has 4 heteroatoms. The minimum absolute atomic E-state index is 0.00509. The Balaban J connectivity index is 2.37. The summed E-state index contributed by atoms with van der Waals surface area (Å²) in [5, 5.41) is 11.5. The molecule has 14 heavy (non-hydrogen) atoms. The van der Waals surface area contributed by atoms with E-state index in [0.29, 0.717) is 6.61 Å². The van der Waals surface area contributed by atoms with E-state index < -0.39 is 0 Å². The monoisotopic (exact) mass is 201 g/mol. The van der Waals surface area contributed by atoms with Gasteiger partial charge in [-0.15, -0.1) is 0 Å². The average molecular weight is 201 g/mol. The summed E-state index contributed by atoms with van der Waals surface area (Å²) in [6, 6.07) is 0.132. The predicted molar refractivity (Wildman–Crippen MR) is 52.9 cm³/mol. The molecule has 82 valence electrons. The van der Waals surface area contributed by atoms with Crippen molar-refractivity contribution in [2.75, 3.05) is 13.2 Å². The maximum atomic E-state index is 10.9.